The van der Waals surface area contributed by atoms with Crippen molar-refractivity contribution >= 4 is 16.7 Å². The number of hydrogen-bond acceptors (Lipinski definition) is 7. The van der Waals surface area contributed by atoms with Crippen molar-refractivity contribution in [3.8, 4) is 18.0 Å². The maximum absolute atomic E-state index is 8.81. The Morgan fingerprint density at radius 1 is 1.21 bits per heavy atom. The molecule has 0 spiro atoms. The Morgan fingerprint density at radius 2 is 2.00 bits per heavy atom. The predicted molar refractivity (Wildman–Crippen MR) is 89.9 cm³/mol. The molecule has 3 N–H and O–H groups in total. The molecular weight excluding hydrogens is 304 g/mol. The highest BCUT2D eigenvalue weighted by Gasteiger charge is 2.07. The van der Waals surface area contributed by atoms with Gasteiger partial charge in [-0.25, -0.2) is 9.97 Å². The van der Waals surface area contributed by atoms with Crippen LogP contribution >= 0.6 is 0 Å². The predicted octanol–water partition coefficient (Wildman–Crippen LogP) is 1.39. The monoisotopic (exact) mass is 320 g/mol. The van der Waals surface area contributed by atoms with E-state index in [4.69, 9.17) is 16.3 Å². The summed E-state index contributed by atoms with van der Waals surface area (Å²) >= 11 is 0. The van der Waals surface area contributed by atoms with Crippen LogP contribution in [0.5, 0.6) is 0 Å². The summed E-state index contributed by atoms with van der Waals surface area (Å²) in [7, 11) is 1.76. The highest BCUT2D eigenvalue weighted by atomic mass is 15.3. The number of fused-ring (bicyclic) bond motifs is 1. The van der Waals surface area contributed by atoms with Gasteiger partial charge in [0.15, 0.2) is 11.5 Å². The van der Waals surface area contributed by atoms with Gasteiger partial charge in [0.05, 0.1) is 35.8 Å². The van der Waals surface area contributed by atoms with Crippen molar-refractivity contribution in [1.82, 2.24) is 25.1 Å². The Bertz CT molecular complexity index is 898. The zero-order valence-electron chi connectivity index (χ0n) is 13.3. The van der Waals surface area contributed by atoms with E-state index in [1.54, 1.807) is 49.2 Å². The summed E-state index contributed by atoms with van der Waals surface area (Å²) < 4.78 is 1.61. The molecule has 0 amide bonds. The molecule has 24 heavy (non-hydrogen) atoms. The second-order valence-electron chi connectivity index (χ2n) is 4.89. The van der Waals surface area contributed by atoms with Crippen molar-refractivity contribution in [3.63, 3.8) is 0 Å². The molecule has 0 bridgehead atoms. The molecule has 1 atom stereocenters. The molecule has 0 aliphatic heterocycles. The van der Waals surface area contributed by atoms with Crippen molar-refractivity contribution in [3.05, 3.63) is 42.4 Å². The van der Waals surface area contributed by atoms with Gasteiger partial charge in [-0.15, -0.1) is 0 Å². The minimum absolute atomic E-state index is 0.00926. The smallest absolute Gasteiger partial charge is 0.164 e. The first-order chi connectivity index (χ1) is 11.6. The third kappa shape index (κ3) is 3.83. The average Bonchev–Trinajstić information content (AvgIpc) is 3.05. The number of nitrogens with zero attached hydrogens (tertiary/aromatic N) is 6. The minimum Gasteiger partial charge on any atom is -0.397 e. The van der Waals surface area contributed by atoms with E-state index < -0.39 is 0 Å². The molecule has 3 rings (SSSR count). The molecule has 0 fully saturated rings. The van der Waals surface area contributed by atoms with Gasteiger partial charge in [-0.3, -0.25) is 0 Å². The molecule has 0 radical (unpaired) electrons. The number of hydrogen-bond donors (Lipinski definition) is 2. The summed E-state index contributed by atoms with van der Waals surface area (Å²) in [4.78, 5) is 8.40. The van der Waals surface area contributed by atoms with Crippen LogP contribution in [0.4, 0.5) is 5.69 Å². The molecule has 3 aromatic heterocycles. The van der Waals surface area contributed by atoms with Gasteiger partial charge in [0.2, 0.25) is 0 Å². The molecule has 0 saturated carbocycles. The summed E-state index contributed by atoms with van der Waals surface area (Å²) in [5.74, 6) is 0.636. The van der Waals surface area contributed by atoms with E-state index in [2.05, 4.69) is 20.4 Å². The quantitative estimate of drug-likeness (QED) is 0.729. The Labute approximate surface area is 139 Å². The third-order valence-corrected chi connectivity index (χ3v) is 3.15. The largest absolute Gasteiger partial charge is 0.397 e. The number of nitriles is 2. The summed E-state index contributed by atoms with van der Waals surface area (Å²) in [6.07, 6.45) is 4.73. The molecule has 0 aliphatic rings. The van der Waals surface area contributed by atoms with Gasteiger partial charge in [-0.2, -0.15) is 20.3 Å². The normalized spacial score (nSPS) is 11.0. The molecule has 8 heteroatoms. The van der Waals surface area contributed by atoms with Crippen LogP contribution < -0.4 is 11.1 Å². The van der Waals surface area contributed by atoms with E-state index in [9.17, 15) is 0 Å². The maximum atomic E-state index is 8.81. The molecule has 120 valence electrons. The number of nitrogen functional groups attached to an aromatic ring is 1. The zero-order valence-corrected chi connectivity index (χ0v) is 13.3. The summed E-state index contributed by atoms with van der Waals surface area (Å²) in [5, 5.41) is 24.6. The van der Waals surface area contributed by atoms with E-state index in [0.29, 0.717) is 22.7 Å². The summed E-state index contributed by atoms with van der Waals surface area (Å²) in [6, 6.07) is 9.29. The number of aromatic nitrogens is 4. The Morgan fingerprint density at radius 3 is 2.54 bits per heavy atom. The first-order valence-electron chi connectivity index (χ1n) is 7.11. The topological polar surface area (TPSA) is 129 Å². The first-order valence-corrected chi connectivity index (χ1v) is 7.11. The highest BCUT2D eigenvalue weighted by molar-refractivity contribution is 5.77. The molecule has 3 aromatic rings. The SMILES string of the molecule is CN[C@H](C)C#N.N#Cc1cnc2c(cnn2-c2ccc(N)cn2)c1. The lowest BCUT2D eigenvalue weighted by molar-refractivity contribution is 0.741. The van der Waals surface area contributed by atoms with Gasteiger partial charge in [0, 0.05) is 11.6 Å². The number of anilines is 1. The second kappa shape index (κ2) is 7.68. The maximum Gasteiger partial charge on any atom is 0.164 e. The fourth-order valence-electron chi connectivity index (χ4n) is 1.74. The molecule has 3 heterocycles. The van der Waals surface area contributed by atoms with Crippen LogP contribution in [0.25, 0.3) is 16.9 Å². The van der Waals surface area contributed by atoms with Gasteiger partial charge in [0.25, 0.3) is 0 Å². The van der Waals surface area contributed by atoms with Crippen LogP contribution in [0.15, 0.2) is 36.8 Å². The molecule has 0 aliphatic carbocycles. The van der Waals surface area contributed by atoms with Crippen molar-refractivity contribution in [2.24, 2.45) is 0 Å². The van der Waals surface area contributed by atoms with E-state index in [-0.39, 0.29) is 6.04 Å². The Hall–Kier alpha value is -3.49. The lowest BCUT2D eigenvalue weighted by atomic mass is 10.2. The number of rotatable bonds is 2. The first kappa shape index (κ1) is 16.9. The van der Waals surface area contributed by atoms with E-state index >= 15 is 0 Å². The molecule has 0 aromatic carbocycles. The fraction of sp³-hybridized carbons (Fsp3) is 0.188. The van der Waals surface area contributed by atoms with E-state index in [0.717, 1.165) is 5.39 Å². The average molecular weight is 320 g/mol. The van der Waals surface area contributed by atoms with Crippen LogP contribution in [0.2, 0.25) is 0 Å². The second-order valence-corrected chi connectivity index (χ2v) is 4.89. The van der Waals surface area contributed by atoms with Crippen molar-refractivity contribution in [1.29, 1.82) is 10.5 Å². The van der Waals surface area contributed by atoms with Crippen molar-refractivity contribution in [2.45, 2.75) is 13.0 Å². The Kier molecular flexibility index (Phi) is 5.40. The van der Waals surface area contributed by atoms with E-state index in [1.165, 1.54) is 6.20 Å². The lowest BCUT2D eigenvalue weighted by Gasteiger charge is -2.01. The number of pyridine rings is 2. The highest BCUT2D eigenvalue weighted by Crippen LogP contribution is 2.16. The third-order valence-electron chi connectivity index (χ3n) is 3.15. The Balaban J connectivity index is 0.000000301. The van der Waals surface area contributed by atoms with Crippen LogP contribution in [-0.2, 0) is 0 Å². The zero-order chi connectivity index (χ0) is 17.5. The molecule has 0 saturated heterocycles. The summed E-state index contributed by atoms with van der Waals surface area (Å²) in [5.41, 5.74) is 7.34. The fourth-order valence-corrected chi connectivity index (χ4v) is 1.74. The molecular formula is C16H16N8. The molecule has 8 nitrogen and oxygen atoms in total. The minimum atomic E-state index is -0.00926. The summed E-state index contributed by atoms with van der Waals surface area (Å²) in [6.45, 7) is 1.81. The van der Waals surface area contributed by atoms with Gasteiger partial charge in [-0.05, 0) is 32.2 Å². The van der Waals surface area contributed by atoms with Crippen LogP contribution in [-0.4, -0.2) is 32.8 Å². The number of nitrogens with two attached hydrogens (primary N) is 1. The van der Waals surface area contributed by atoms with Crippen LogP contribution in [0.1, 0.15) is 12.5 Å². The van der Waals surface area contributed by atoms with Gasteiger partial charge < -0.3 is 11.1 Å². The van der Waals surface area contributed by atoms with Crippen molar-refractivity contribution in [2.75, 3.05) is 12.8 Å². The van der Waals surface area contributed by atoms with Crippen molar-refractivity contribution < 1.29 is 0 Å². The van der Waals surface area contributed by atoms with Gasteiger partial charge >= 0.3 is 0 Å². The van der Waals surface area contributed by atoms with Gasteiger partial charge in [-0.1, -0.05) is 0 Å². The molecule has 0 unspecified atom stereocenters. The number of nitrogens with one attached hydrogen (secondary N) is 1. The lowest BCUT2D eigenvalue weighted by Crippen LogP contribution is -2.17. The van der Waals surface area contributed by atoms with Gasteiger partial charge in [0.1, 0.15) is 6.07 Å². The van der Waals surface area contributed by atoms with E-state index in [1.807, 2.05) is 12.1 Å². The van der Waals surface area contributed by atoms with Crippen LogP contribution in [0, 0.1) is 22.7 Å². The van der Waals surface area contributed by atoms with Crippen LogP contribution in [0.3, 0.4) is 0 Å². The standard InChI is InChI=1S/C12H8N6.C4H8N2/c13-4-8-3-9-6-17-18(12(9)16-5-8)11-2-1-10(14)7-15-11;1-4(3-5)6-2/h1-3,5-7H,14H2;4,6H,1-2H3/t;4-/m.1/s1.